The number of benzene rings is 1. The lowest BCUT2D eigenvalue weighted by atomic mass is 10.1. The Morgan fingerprint density at radius 1 is 1.38 bits per heavy atom. The molecular formula is C13H20N2O. The smallest absolute Gasteiger partial charge is 0.237 e. The Morgan fingerprint density at radius 3 is 2.56 bits per heavy atom. The summed E-state index contributed by atoms with van der Waals surface area (Å²) in [6, 6.07) is 9.55. The molecule has 0 heterocycles. The first kappa shape index (κ1) is 12.7. The Bertz CT molecular complexity index is 324. The van der Waals surface area contributed by atoms with Crippen LogP contribution in [-0.4, -0.2) is 18.0 Å². The molecule has 1 amide bonds. The molecule has 1 aromatic carbocycles. The van der Waals surface area contributed by atoms with E-state index in [-0.39, 0.29) is 11.9 Å². The van der Waals surface area contributed by atoms with E-state index < -0.39 is 6.04 Å². The lowest BCUT2D eigenvalue weighted by molar-refractivity contribution is -0.122. The van der Waals surface area contributed by atoms with Gasteiger partial charge in [-0.25, -0.2) is 0 Å². The molecule has 0 bridgehead atoms. The Balaban J connectivity index is 2.46. The molecule has 0 radical (unpaired) electrons. The minimum Gasteiger partial charge on any atom is -0.352 e. The van der Waals surface area contributed by atoms with Crippen molar-refractivity contribution in [3.8, 4) is 0 Å². The van der Waals surface area contributed by atoms with Crippen LogP contribution in [0.25, 0.3) is 0 Å². The van der Waals surface area contributed by atoms with E-state index in [4.69, 9.17) is 5.73 Å². The monoisotopic (exact) mass is 220 g/mol. The zero-order chi connectivity index (χ0) is 12.0. The molecule has 0 aliphatic heterocycles. The van der Waals surface area contributed by atoms with E-state index in [1.54, 1.807) is 0 Å². The molecule has 3 N–H and O–H groups in total. The standard InChI is InChI=1S/C13H20N2O/c1-3-10(2)15-13(16)12(14)9-11-7-5-4-6-8-11/h4-8,10,12H,3,9,14H2,1-2H3,(H,15,16)/t10-,12+/m1/s1. The second-order valence-corrected chi connectivity index (χ2v) is 4.11. The summed E-state index contributed by atoms with van der Waals surface area (Å²) in [5, 5.41) is 2.89. The summed E-state index contributed by atoms with van der Waals surface area (Å²) in [4.78, 5) is 11.7. The Kier molecular flexibility index (Phi) is 4.99. The molecular weight excluding hydrogens is 200 g/mol. The predicted octanol–water partition coefficient (Wildman–Crippen LogP) is 1.47. The molecule has 1 aromatic rings. The number of nitrogens with one attached hydrogen (secondary N) is 1. The summed E-state index contributed by atoms with van der Waals surface area (Å²) in [6.07, 6.45) is 1.51. The predicted molar refractivity (Wildman–Crippen MR) is 66.0 cm³/mol. The molecule has 16 heavy (non-hydrogen) atoms. The fourth-order valence-electron chi connectivity index (χ4n) is 1.41. The van der Waals surface area contributed by atoms with Gasteiger partial charge in [-0.15, -0.1) is 0 Å². The maximum atomic E-state index is 11.7. The van der Waals surface area contributed by atoms with E-state index in [1.165, 1.54) is 0 Å². The normalized spacial score (nSPS) is 14.2. The van der Waals surface area contributed by atoms with Crippen molar-refractivity contribution < 1.29 is 4.79 Å². The van der Waals surface area contributed by atoms with Crippen molar-refractivity contribution in [2.75, 3.05) is 0 Å². The van der Waals surface area contributed by atoms with Crippen LogP contribution < -0.4 is 11.1 Å². The summed E-state index contributed by atoms with van der Waals surface area (Å²) in [7, 11) is 0. The van der Waals surface area contributed by atoms with Gasteiger partial charge < -0.3 is 11.1 Å². The van der Waals surface area contributed by atoms with Crippen LogP contribution in [-0.2, 0) is 11.2 Å². The van der Waals surface area contributed by atoms with E-state index in [0.717, 1.165) is 12.0 Å². The average Bonchev–Trinajstić information content (AvgIpc) is 2.30. The van der Waals surface area contributed by atoms with Crippen LogP contribution in [0.3, 0.4) is 0 Å². The van der Waals surface area contributed by atoms with E-state index in [2.05, 4.69) is 5.32 Å². The first-order chi connectivity index (χ1) is 7.63. The quantitative estimate of drug-likeness (QED) is 0.789. The number of rotatable bonds is 5. The van der Waals surface area contributed by atoms with Crippen LogP contribution in [0.2, 0.25) is 0 Å². The van der Waals surface area contributed by atoms with Gasteiger partial charge >= 0.3 is 0 Å². The minimum absolute atomic E-state index is 0.0711. The van der Waals surface area contributed by atoms with Crippen molar-refractivity contribution in [3.63, 3.8) is 0 Å². The Morgan fingerprint density at radius 2 is 2.00 bits per heavy atom. The van der Waals surface area contributed by atoms with Crippen molar-refractivity contribution in [2.24, 2.45) is 5.73 Å². The van der Waals surface area contributed by atoms with Gasteiger partial charge in [0.25, 0.3) is 0 Å². The second kappa shape index (κ2) is 6.28. The lowest BCUT2D eigenvalue weighted by Gasteiger charge is -2.16. The summed E-state index contributed by atoms with van der Waals surface area (Å²) in [6.45, 7) is 4.01. The van der Waals surface area contributed by atoms with Crippen LogP contribution in [0.5, 0.6) is 0 Å². The maximum Gasteiger partial charge on any atom is 0.237 e. The summed E-state index contributed by atoms with van der Waals surface area (Å²) in [5.74, 6) is -0.0711. The highest BCUT2D eigenvalue weighted by Gasteiger charge is 2.15. The zero-order valence-corrected chi connectivity index (χ0v) is 9.94. The van der Waals surface area contributed by atoms with Crippen LogP contribution in [0.15, 0.2) is 30.3 Å². The summed E-state index contributed by atoms with van der Waals surface area (Å²) >= 11 is 0. The fourth-order valence-corrected chi connectivity index (χ4v) is 1.41. The van der Waals surface area contributed by atoms with Gasteiger partial charge in [0.15, 0.2) is 0 Å². The van der Waals surface area contributed by atoms with Gasteiger partial charge in [-0.3, -0.25) is 4.79 Å². The third kappa shape index (κ3) is 4.03. The van der Waals surface area contributed by atoms with Crippen molar-refractivity contribution in [1.29, 1.82) is 0 Å². The van der Waals surface area contributed by atoms with Crippen LogP contribution in [0.4, 0.5) is 0 Å². The molecule has 1 rings (SSSR count). The molecule has 0 aromatic heterocycles. The van der Waals surface area contributed by atoms with Crippen molar-refractivity contribution in [1.82, 2.24) is 5.32 Å². The topological polar surface area (TPSA) is 55.1 Å². The minimum atomic E-state index is -0.462. The van der Waals surface area contributed by atoms with Gasteiger partial charge in [0.2, 0.25) is 5.91 Å². The first-order valence-corrected chi connectivity index (χ1v) is 5.73. The number of carbonyl (C=O) groups excluding carboxylic acids is 1. The van der Waals surface area contributed by atoms with Crippen LogP contribution >= 0.6 is 0 Å². The van der Waals surface area contributed by atoms with E-state index >= 15 is 0 Å². The van der Waals surface area contributed by atoms with Crippen LogP contribution in [0.1, 0.15) is 25.8 Å². The Labute approximate surface area is 97.0 Å². The molecule has 0 unspecified atom stereocenters. The van der Waals surface area contributed by atoms with E-state index in [9.17, 15) is 4.79 Å². The van der Waals surface area contributed by atoms with Crippen molar-refractivity contribution >= 4 is 5.91 Å². The average molecular weight is 220 g/mol. The molecule has 0 spiro atoms. The van der Waals surface area contributed by atoms with Gasteiger partial charge in [0.05, 0.1) is 6.04 Å². The number of amides is 1. The molecule has 0 aliphatic rings. The zero-order valence-electron chi connectivity index (χ0n) is 9.94. The van der Waals surface area contributed by atoms with Crippen LogP contribution in [0, 0.1) is 0 Å². The highest BCUT2D eigenvalue weighted by atomic mass is 16.2. The highest BCUT2D eigenvalue weighted by Crippen LogP contribution is 2.02. The third-order valence-corrected chi connectivity index (χ3v) is 2.64. The molecule has 2 atom stereocenters. The molecule has 3 heteroatoms. The summed E-state index contributed by atoms with van der Waals surface area (Å²) < 4.78 is 0. The summed E-state index contributed by atoms with van der Waals surface area (Å²) in [5.41, 5.74) is 6.93. The van der Waals surface area contributed by atoms with Gasteiger partial charge in [-0.1, -0.05) is 37.3 Å². The molecule has 0 aliphatic carbocycles. The second-order valence-electron chi connectivity index (χ2n) is 4.11. The molecule has 88 valence electrons. The van der Waals surface area contributed by atoms with Gasteiger partial charge in [-0.05, 0) is 25.3 Å². The third-order valence-electron chi connectivity index (χ3n) is 2.64. The van der Waals surface area contributed by atoms with Gasteiger partial charge in [0.1, 0.15) is 0 Å². The Hall–Kier alpha value is -1.35. The van der Waals surface area contributed by atoms with Crippen molar-refractivity contribution in [2.45, 2.75) is 38.8 Å². The van der Waals surface area contributed by atoms with E-state index in [0.29, 0.717) is 6.42 Å². The molecule has 0 saturated carbocycles. The molecule has 3 nitrogen and oxygen atoms in total. The highest BCUT2D eigenvalue weighted by molar-refractivity contribution is 5.82. The van der Waals surface area contributed by atoms with E-state index in [1.807, 2.05) is 44.2 Å². The fraction of sp³-hybridized carbons (Fsp3) is 0.462. The van der Waals surface area contributed by atoms with Gasteiger partial charge in [0, 0.05) is 6.04 Å². The maximum absolute atomic E-state index is 11.7. The number of hydrogen-bond donors (Lipinski definition) is 2. The SMILES string of the molecule is CC[C@@H](C)NC(=O)[C@@H](N)Cc1ccccc1. The largest absolute Gasteiger partial charge is 0.352 e. The first-order valence-electron chi connectivity index (χ1n) is 5.73. The van der Waals surface area contributed by atoms with Crippen molar-refractivity contribution in [3.05, 3.63) is 35.9 Å². The molecule has 0 saturated heterocycles. The number of hydrogen-bond acceptors (Lipinski definition) is 2. The number of carbonyl (C=O) groups is 1. The van der Waals surface area contributed by atoms with Gasteiger partial charge in [-0.2, -0.15) is 0 Å². The molecule has 0 fully saturated rings. The number of nitrogens with two attached hydrogens (primary N) is 1. The lowest BCUT2D eigenvalue weighted by Crippen LogP contribution is -2.45.